The van der Waals surface area contributed by atoms with Crippen LogP contribution in [0.4, 0.5) is 0 Å². The van der Waals surface area contributed by atoms with E-state index < -0.39 is 148 Å². The van der Waals surface area contributed by atoms with E-state index >= 15 is 0 Å². The van der Waals surface area contributed by atoms with Crippen LogP contribution in [0.25, 0.3) is 0 Å². The number of rotatable bonds is 13. The highest BCUT2D eigenvalue weighted by atomic mass is 16.7. The van der Waals surface area contributed by atoms with Crippen LogP contribution in [-0.2, 0) is 42.9 Å². The van der Waals surface area contributed by atoms with Crippen LogP contribution in [0, 0.1) is 0 Å². The molecule has 0 unspecified atom stereocenters. The molecule has 14 N–H and O–H groups in total. The summed E-state index contributed by atoms with van der Waals surface area (Å²) in [7, 11) is 0. The Balaban J connectivity index is 1.86. The molecule has 3 saturated heterocycles. The summed E-state index contributed by atoms with van der Waals surface area (Å²) in [5, 5.41) is 99.0. The molecule has 0 aliphatic carbocycles. The number of hydrogen-bond acceptors (Lipinski definition) is 18. The highest BCUT2D eigenvalue weighted by molar-refractivity contribution is 5.84. The first kappa shape index (κ1) is 39.8. The van der Waals surface area contributed by atoms with E-state index in [9.17, 15) is 60.0 Å². The summed E-state index contributed by atoms with van der Waals surface area (Å²) in [4.78, 5) is 47.7. The Bertz CT molecular complexity index is 1120. The lowest BCUT2D eigenvalue weighted by Crippen LogP contribution is -2.71. The first-order valence-electron chi connectivity index (χ1n) is 14.9. The van der Waals surface area contributed by atoms with E-state index in [1.165, 1.54) is 0 Å². The normalized spacial score (nSPS) is 40.8. The van der Waals surface area contributed by atoms with Crippen LogP contribution in [0.1, 0.15) is 20.3 Å². The van der Waals surface area contributed by atoms with Crippen LogP contribution >= 0.6 is 0 Å². The number of aliphatic carboxylic acids is 1. The predicted octanol–water partition coefficient (Wildman–Crippen LogP) is -8.36. The molecule has 0 aromatic heterocycles. The van der Waals surface area contributed by atoms with Crippen molar-refractivity contribution in [3.8, 4) is 0 Å². The quantitative estimate of drug-likeness (QED) is 0.0848. The van der Waals surface area contributed by atoms with Gasteiger partial charge < -0.3 is 91.3 Å². The third kappa shape index (κ3) is 9.30. The third-order valence-corrected chi connectivity index (χ3v) is 7.95. The molecule has 3 heterocycles. The fourth-order valence-corrected chi connectivity index (χ4v) is 5.52. The number of carbonyl (C=O) groups is 4. The van der Waals surface area contributed by atoms with Gasteiger partial charge >= 0.3 is 5.97 Å². The number of aliphatic hydroxyl groups excluding tert-OH is 8. The molecule has 0 aromatic rings. The minimum atomic E-state index is -1.90. The van der Waals surface area contributed by atoms with Crippen molar-refractivity contribution in [3.05, 3.63) is 0 Å². The number of hydrogen-bond donors (Lipinski definition) is 13. The Morgan fingerprint density at radius 3 is 1.67 bits per heavy atom. The minimum absolute atomic E-state index is 0.705. The van der Waals surface area contributed by atoms with Gasteiger partial charge in [-0.2, -0.15) is 0 Å². The molecular weight excluding hydrogens is 656 g/mol. The highest BCUT2D eigenvalue weighted by Gasteiger charge is 2.54. The maximum atomic E-state index is 12.5. The Hall–Kier alpha value is -2.68. The van der Waals surface area contributed by atoms with Gasteiger partial charge in [0.25, 0.3) is 0 Å². The predicted molar refractivity (Wildman–Crippen MR) is 151 cm³/mol. The summed E-state index contributed by atoms with van der Waals surface area (Å²) in [6.45, 7) is -0.405. The molecule has 0 aromatic carbocycles. The Labute approximate surface area is 272 Å². The number of carboxylic acids is 1. The van der Waals surface area contributed by atoms with E-state index in [4.69, 9.17) is 34.5 Å². The lowest BCUT2D eigenvalue weighted by molar-refractivity contribution is -0.358. The van der Waals surface area contributed by atoms with Crippen LogP contribution in [-0.4, -0.2) is 187 Å². The lowest BCUT2D eigenvalue weighted by atomic mass is 9.93. The zero-order chi connectivity index (χ0) is 36.0. The van der Waals surface area contributed by atoms with Crippen molar-refractivity contribution in [1.29, 1.82) is 0 Å². The van der Waals surface area contributed by atoms with Gasteiger partial charge in [-0.05, 0) is 0 Å². The number of nitrogens with one attached hydrogen (secondary N) is 3. The number of carbonyl (C=O) groups excluding carboxylic acids is 3. The van der Waals surface area contributed by atoms with Crippen LogP contribution < -0.4 is 21.7 Å². The van der Waals surface area contributed by atoms with E-state index in [0.29, 0.717) is 0 Å². The second-order valence-electron chi connectivity index (χ2n) is 11.6. The van der Waals surface area contributed by atoms with Gasteiger partial charge in [0.15, 0.2) is 18.8 Å². The molecule has 3 amide bonds. The zero-order valence-corrected chi connectivity index (χ0v) is 25.8. The summed E-state index contributed by atoms with van der Waals surface area (Å²) in [5.41, 5.74) is 5.40. The smallest absolute Gasteiger partial charge is 0.321 e. The van der Waals surface area contributed by atoms with Crippen LogP contribution in [0.2, 0.25) is 0 Å². The summed E-state index contributed by atoms with van der Waals surface area (Å²) >= 11 is 0. The topological polar surface area (TPSA) is 359 Å². The summed E-state index contributed by atoms with van der Waals surface area (Å²) in [6.07, 6.45) is -22.5. The van der Waals surface area contributed by atoms with Gasteiger partial charge in [0.05, 0.1) is 26.2 Å². The second-order valence-corrected chi connectivity index (χ2v) is 11.6. The summed E-state index contributed by atoms with van der Waals surface area (Å²) in [5.74, 6) is -3.85. The van der Waals surface area contributed by atoms with Gasteiger partial charge in [0, 0.05) is 13.8 Å². The van der Waals surface area contributed by atoms with Crippen LogP contribution in [0.3, 0.4) is 0 Å². The molecule has 0 radical (unpaired) electrons. The first-order valence-corrected chi connectivity index (χ1v) is 14.9. The Morgan fingerprint density at radius 1 is 0.667 bits per heavy atom. The molecule has 276 valence electrons. The fraction of sp³-hybridized carbons (Fsp3) is 0.846. The summed E-state index contributed by atoms with van der Waals surface area (Å²) < 4.78 is 28.3. The number of aliphatic hydroxyl groups is 8. The van der Waals surface area contributed by atoms with Gasteiger partial charge in [0.1, 0.15) is 79.2 Å². The van der Waals surface area contributed by atoms with Gasteiger partial charge in [-0.25, -0.2) is 0 Å². The monoisotopic (exact) mass is 700 g/mol. The molecular formula is C26H44N4O18. The SMILES string of the molecule is CC(=O)N[C@@H]1[C@@H](O)[C@H](O[C@@H]2O[C@H](CO)[C@@H](O[C@@H]3O[C@H](CO)[C@H](O)[C@H](O)[C@H]3O)[C@H](O)[C@H]2NC(C)=O)[C@@H](CO)O[C@H]1NC(=O)C[C@H](N)C(=O)O. The molecule has 0 saturated carbocycles. The second kappa shape index (κ2) is 17.3. The fourth-order valence-electron chi connectivity index (χ4n) is 5.52. The number of nitrogens with two attached hydrogens (primary N) is 1. The molecule has 3 fully saturated rings. The molecule has 22 heteroatoms. The molecule has 3 rings (SSSR count). The average Bonchev–Trinajstić information content (AvgIpc) is 3.02. The van der Waals surface area contributed by atoms with Crippen molar-refractivity contribution in [2.75, 3.05) is 19.8 Å². The van der Waals surface area contributed by atoms with E-state index in [-0.39, 0.29) is 0 Å². The number of amides is 3. The molecule has 3 aliphatic rings. The largest absolute Gasteiger partial charge is 0.480 e. The van der Waals surface area contributed by atoms with E-state index in [2.05, 4.69) is 16.0 Å². The van der Waals surface area contributed by atoms with Gasteiger partial charge in [-0.1, -0.05) is 0 Å². The minimum Gasteiger partial charge on any atom is -0.480 e. The number of carboxylic acid groups (broad SMARTS) is 1. The van der Waals surface area contributed by atoms with Crippen molar-refractivity contribution in [1.82, 2.24) is 16.0 Å². The van der Waals surface area contributed by atoms with E-state index in [1.54, 1.807) is 0 Å². The molecule has 16 atom stereocenters. The standard InChI is InChI=1S/C26H44N4O18/c1-7(34)28-14-17(38)21(11(5-32)44-23(14)30-13(36)3-9(27)24(42)43)47-25-15(29-8(2)35)18(39)22(12(6-33)46-25)48-26-20(41)19(40)16(37)10(4-31)45-26/h9-12,14-23,25-26,31-33,37-41H,3-6,27H2,1-2H3,(H,28,34)(H,29,35)(H,30,36)(H,42,43)/t9-,10+,11+,12+,14+,15+,16-,17+,18+,19-,20+,21+,22+,23+,25-,26-/m0/s1. The van der Waals surface area contributed by atoms with Gasteiger partial charge in [-0.15, -0.1) is 0 Å². The maximum absolute atomic E-state index is 12.5. The average molecular weight is 701 g/mol. The van der Waals surface area contributed by atoms with Crippen molar-refractivity contribution in [3.63, 3.8) is 0 Å². The first-order chi connectivity index (χ1) is 22.5. The highest BCUT2D eigenvalue weighted by Crippen LogP contribution is 2.32. The van der Waals surface area contributed by atoms with Crippen molar-refractivity contribution in [2.24, 2.45) is 5.73 Å². The van der Waals surface area contributed by atoms with Crippen molar-refractivity contribution in [2.45, 2.75) is 118 Å². The Kier molecular flexibility index (Phi) is 14.3. The maximum Gasteiger partial charge on any atom is 0.321 e. The molecule has 48 heavy (non-hydrogen) atoms. The van der Waals surface area contributed by atoms with E-state index in [0.717, 1.165) is 13.8 Å². The molecule has 0 bridgehead atoms. The summed E-state index contributed by atoms with van der Waals surface area (Å²) in [6, 6.07) is -4.64. The Morgan fingerprint density at radius 2 is 1.15 bits per heavy atom. The van der Waals surface area contributed by atoms with Crippen molar-refractivity contribution >= 4 is 23.7 Å². The van der Waals surface area contributed by atoms with Gasteiger partial charge in [0.2, 0.25) is 17.7 Å². The lowest BCUT2D eigenvalue weighted by Gasteiger charge is -2.49. The van der Waals surface area contributed by atoms with Crippen LogP contribution in [0.5, 0.6) is 0 Å². The zero-order valence-electron chi connectivity index (χ0n) is 25.8. The van der Waals surface area contributed by atoms with Crippen molar-refractivity contribution < 1.29 is 88.8 Å². The van der Waals surface area contributed by atoms with E-state index in [1.807, 2.05) is 0 Å². The molecule has 3 aliphatic heterocycles. The third-order valence-electron chi connectivity index (χ3n) is 7.95. The van der Waals surface area contributed by atoms with Gasteiger partial charge in [-0.3, -0.25) is 19.2 Å². The van der Waals surface area contributed by atoms with Crippen LogP contribution in [0.15, 0.2) is 0 Å². The molecule has 0 spiro atoms. The molecule has 22 nitrogen and oxygen atoms in total. The number of ether oxygens (including phenoxy) is 5.